The summed E-state index contributed by atoms with van der Waals surface area (Å²) in [7, 11) is 0. The predicted molar refractivity (Wildman–Crippen MR) is 64.7 cm³/mol. The van der Waals surface area contributed by atoms with Crippen LogP contribution in [0.4, 0.5) is 5.69 Å². The molecule has 0 saturated carbocycles. The number of amides is 1. The van der Waals surface area contributed by atoms with Gasteiger partial charge in [0.05, 0.1) is 0 Å². The lowest BCUT2D eigenvalue weighted by Crippen LogP contribution is -2.36. The molecule has 0 unspecified atom stereocenters. The Kier molecular flexibility index (Phi) is 4.51. The van der Waals surface area contributed by atoms with Crippen molar-refractivity contribution in [2.45, 2.75) is 13.3 Å². The fourth-order valence-corrected chi connectivity index (χ4v) is 1.49. The summed E-state index contributed by atoms with van der Waals surface area (Å²) in [4.78, 5) is 24.0. The minimum atomic E-state index is -1.01. The van der Waals surface area contributed by atoms with E-state index < -0.39 is 5.97 Å². The molecule has 0 bridgehead atoms. The van der Waals surface area contributed by atoms with Crippen molar-refractivity contribution < 1.29 is 14.7 Å². The average Bonchev–Trinajstić information content (AvgIpc) is 2.28. The fourth-order valence-electron chi connectivity index (χ4n) is 1.49. The number of nitrogen functional groups attached to an aromatic ring is 1. The van der Waals surface area contributed by atoms with Crippen LogP contribution in [0.3, 0.4) is 0 Å². The van der Waals surface area contributed by atoms with Crippen LogP contribution in [0, 0.1) is 0 Å². The Morgan fingerprint density at radius 3 is 2.35 bits per heavy atom. The van der Waals surface area contributed by atoms with Crippen molar-refractivity contribution in [2.24, 2.45) is 0 Å². The number of carboxylic acid groups (broad SMARTS) is 1. The smallest absolute Gasteiger partial charge is 0.323 e. The summed E-state index contributed by atoms with van der Waals surface area (Å²) in [5, 5.41) is 8.74. The molecule has 0 aliphatic rings. The Labute approximate surface area is 99.8 Å². The molecule has 0 spiro atoms. The third-order valence-electron chi connectivity index (χ3n) is 2.26. The van der Waals surface area contributed by atoms with Gasteiger partial charge in [0.1, 0.15) is 6.54 Å². The van der Waals surface area contributed by atoms with E-state index in [2.05, 4.69) is 0 Å². The molecule has 92 valence electrons. The van der Waals surface area contributed by atoms with Crippen LogP contribution in [0.2, 0.25) is 0 Å². The van der Waals surface area contributed by atoms with E-state index in [4.69, 9.17) is 10.8 Å². The molecule has 0 aliphatic heterocycles. The molecule has 0 aromatic heterocycles. The Morgan fingerprint density at radius 1 is 1.29 bits per heavy atom. The zero-order chi connectivity index (χ0) is 12.8. The largest absolute Gasteiger partial charge is 0.480 e. The van der Waals surface area contributed by atoms with Crippen LogP contribution in [0.1, 0.15) is 23.7 Å². The van der Waals surface area contributed by atoms with Crippen LogP contribution in [0.25, 0.3) is 0 Å². The van der Waals surface area contributed by atoms with Gasteiger partial charge < -0.3 is 15.7 Å². The summed E-state index contributed by atoms with van der Waals surface area (Å²) in [6.45, 7) is 2.04. The third kappa shape index (κ3) is 3.79. The molecule has 1 aromatic carbocycles. The first-order chi connectivity index (χ1) is 8.04. The van der Waals surface area contributed by atoms with Gasteiger partial charge >= 0.3 is 5.97 Å². The molecular weight excluding hydrogens is 220 g/mol. The SMILES string of the molecule is CCCN(CC(=O)O)C(=O)c1ccc(N)cc1. The van der Waals surface area contributed by atoms with Gasteiger partial charge in [-0.25, -0.2) is 0 Å². The molecule has 1 aromatic rings. The zero-order valence-electron chi connectivity index (χ0n) is 9.72. The highest BCUT2D eigenvalue weighted by Gasteiger charge is 2.17. The molecule has 5 nitrogen and oxygen atoms in total. The maximum Gasteiger partial charge on any atom is 0.323 e. The molecule has 0 radical (unpaired) electrons. The highest BCUT2D eigenvalue weighted by molar-refractivity contribution is 5.96. The standard InChI is InChI=1S/C12H16N2O3/c1-2-7-14(8-11(15)16)12(17)9-3-5-10(13)6-4-9/h3-6H,2,7-8,13H2,1H3,(H,15,16). The normalized spacial score (nSPS) is 9.94. The maximum atomic E-state index is 12.0. The number of nitrogens with two attached hydrogens (primary N) is 1. The van der Waals surface area contributed by atoms with E-state index in [0.29, 0.717) is 24.2 Å². The fraction of sp³-hybridized carbons (Fsp3) is 0.333. The molecule has 0 atom stereocenters. The molecule has 1 amide bonds. The van der Waals surface area contributed by atoms with Gasteiger partial charge in [0.15, 0.2) is 0 Å². The quantitative estimate of drug-likeness (QED) is 0.752. The second-order valence-corrected chi connectivity index (χ2v) is 3.74. The zero-order valence-corrected chi connectivity index (χ0v) is 9.72. The highest BCUT2D eigenvalue weighted by atomic mass is 16.4. The number of carbonyl (C=O) groups is 2. The Balaban J connectivity index is 2.83. The summed E-state index contributed by atoms with van der Waals surface area (Å²) in [5.41, 5.74) is 6.55. The van der Waals surface area contributed by atoms with Crippen molar-refractivity contribution in [2.75, 3.05) is 18.8 Å². The number of carbonyl (C=O) groups excluding carboxylic acids is 1. The monoisotopic (exact) mass is 236 g/mol. The summed E-state index contributed by atoms with van der Waals surface area (Å²) in [6.07, 6.45) is 0.716. The van der Waals surface area contributed by atoms with E-state index in [9.17, 15) is 9.59 Å². The first-order valence-electron chi connectivity index (χ1n) is 5.41. The van der Waals surface area contributed by atoms with Crippen molar-refractivity contribution >= 4 is 17.6 Å². The number of aliphatic carboxylic acids is 1. The molecule has 0 saturated heterocycles. The highest BCUT2D eigenvalue weighted by Crippen LogP contribution is 2.09. The van der Waals surface area contributed by atoms with E-state index in [-0.39, 0.29) is 12.5 Å². The van der Waals surface area contributed by atoms with Crippen molar-refractivity contribution in [1.29, 1.82) is 0 Å². The molecular formula is C12H16N2O3. The molecule has 0 aliphatic carbocycles. The topological polar surface area (TPSA) is 83.6 Å². The van der Waals surface area contributed by atoms with Crippen molar-refractivity contribution in [3.63, 3.8) is 0 Å². The maximum absolute atomic E-state index is 12.0. The summed E-state index contributed by atoms with van der Waals surface area (Å²) < 4.78 is 0. The number of rotatable bonds is 5. The average molecular weight is 236 g/mol. The molecule has 3 N–H and O–H groups in total. The van der Waals surface area contributed by atoms with Crippen LogP contribution in [-0.2, 0) is 4.79 Å². The first kappa shape index (κ1) is 13.0. The van der Waals surface area contributed by atoms with E-state index in [1.807, 2.05) is 6.92 Å². The van der Waals surface area contributed by atoms with Gasteiger partial charge in [0, 0.05) is 17.8 Å². The number of carboxylic acids is 1. The van der Waals surface area contributed by atoms with Gasteiger partial charge in [-0.05, 0) is 30.7 Å². The lowest BCUT2D eigenvalue weighted by molar-refractivity contribution is -0.137. The van der Waals surface area contributed by atoms with Crippen LogP contribution < -0.4 is 5.73 Å². The van der Waals surface area contributed by atoms with Gasteiger partial charge in [-0.15, -0.1) is 0 Å². The van der Waals surface area contributed by atoms with E-state index >= 15 is 0 Å². The minimum absolute atomic E-state index is 0.281. The van der Waals surface area contributed by atoms with Crippen LogP contribution >= 0.6 is 0 Å². The van der Waals surface area contributed by atoms with Crippen molar-refractivity contribution in [1.82, 2.24) is 4.90 Å². The van der Waals surface area contributed by atoms with Crippen LogP contribution in [0.15, 0.2) is 24.3 Å². The summed E-state index contributed by atoms with van der Waals surface area (Å²) in [5.74, 6) is -1.29. The van der Waals surface area contributed by atoms with E-state index in [0.717, 1.165) is 0 Å². The van der Waals surface area contributed by atoms with Gasteiger partial charge in [0.25, 0.3) is 5.91 Å². The summed E-state index contributed by atoms with van der Waals surface area (Å²) >= 11 is 0. The Morgan fingerprint density at radius 2 is 1.88 bits per heavy atom. The number of benzene rings is 1. The molecule has 17 heavy (non-hydrogen) atoms. The molecule has 0 fully saturated rings. The molecule has 1 rings (SSSR count). The second kappa shape index (κ2) is 5.89. The molecule has 0 heterocycles. The predicted octanol–water partition coefficient (Wildman–Crippen LogP) is 1.21. The van der Waals surface area contributed by atoms with Crippen molar-refractivity contribution in [3.05, 3.63) is 29.8 Å². The first-order valence-corrected chi connectivity index (χ1v) is 5.41. The van der Waals surface area contributed by atoms with Crippen LogP contribution in [0.5, 0.6) is 0 Å². The number of anilines is 1. The van der Waals surface area contributed by atoms with E-state index in [1.54, 1.807) is 24.3 Å². The van der Waals surface area contributed by atoms with Gasteiger partial charge in [-0.2, -0.15) is 0 Å². The number of nitrogens with zero attached hydrogens (tertiary/aromatic N) is 1. The summed E-state index contributed by atoms with van der Waals surface area (Å²) in [6, 6.07) is 6.45. The lowest BCUT2D eigenvalue weighted by Gasteiger charge is -2.19. The minimum Gasteiger partial charge on any atom is -0.480 e. The van der Waals surface area contributed by atoms with Crippen molar-refractivity contribution in [3.8, 4) is 0 Å². The van der Waals surface area contributed by atoms with Gasteiger partial charge in [-0.3, -0.25) is 9.59 Å². The Hall–Kier alpha value is -2.04. The van der Waals surface area contributed by atoms with E-state index in [1.165, 1.54) is 4.90 Å². The van der Waals surface area contributed by atoms with Gasteiger partial charge in [-0.1, -0.05) is 6.92 Å². The van der Waals surface area contributed by atoms with Gasteiger partial charge in [0.2, 0.25) is 0 Å². The molecule has 5 heteroatoms. The lowest BCUT2D eigenvalue weighted by atomic mass is 10.2. The third-order valence-corrected chi connectivity index (χ3v) is 2.26. The second-order valence-electron chi connectivity index (χ2n) is 3.74. The number of hydrogen-bond acceptors (Lipinski definition) is 3. The number of hydrogen-bond donors (Lipinski definition) is 2. The Bertz CT molecular complexity index is 401. The van der Waals surface area contributed by atoms with Crippen LogP contribution in [-0.4, -0.2) is 35.0 Å².